The number of aryl methyl sites for hydroxylation is 1. The van der Waals surface area contributed by atoms with Gasteiger partial charge in [0.15, 0.2) is 0 Å². The smallest absolute Gasteiger partial charge is 0.306 e. The SMILES string of the molecule is COc1cc(-c2ccc(C3CCc4ccc(CC(C)C(=O)O)cc4O3)cc2CN2C(C)CC[C@H]2C)c(F)cn1. The molecule has 0 bridgehead atoms. The Balaban J connectivity index is 1.48. The molecule has 6 nitrogen and oxygen atoms in total. The van der Waals surface area contributed by atoms with Gasteiger partial charge in [-0.05, 0) is 79.8 Å². The monoisotopic (exact) mass is 532 g/mol. The van der Waals surface area contributed by atoms with E-state index in [0.29, 0.717) is 29.9 Å². The molecule has 0 amide bonds. The van der Waals surface area contributed by atoms with Crippen LogP contribution in [0.15, 0.2) is 48.7 Å². The van der Waals surface area contributed by atoms with E-state index in [-0.39, 0.29) is 11.9 Å². The molecule has 0 radical (unpaired) electrons. The summed E-state index contributed by atoms with van der Waals surface area (Å²) in [5.74, 6) is -0.439. The number of carbonyl (C=O) groups is 1. The summed E-state index contributed by atoms with van der Waals surface area (Å²) in [7, 11) is 1.54. The van der Waals surface area contributed by atoms with Crippen LogP contribution in [-0.2, 0) is 24.2 Å². The van der Waals surface area contributed by atoms with Gasteiger partial charge in [-0.3, -0.25) is 9.69 Å². The second-order valence-corrected chi connectivity index (χ2v) is 11.1. The zero-order valence-corrected chi connectivity index (χ0v) is 23.1. The average molecular weight is 533 g/mol. The fourth-order valence-corrected chi connectivity index (χ4v) is 5.92. The van der Waals surface area contributed by atoms with Crippen molar-refractivity contribution < 1.29 is 23.8 Å². The number of pyridine rings is 1. The topological polar surface area (TPSA) is 71.9 Å². The van der Waals surface area contributed by atoms with E-state index in [1.165, 1.54) is 13.3 Å². The Morgan fingerprint density at radius 2 is 1.90 bits per heavy atom. The predicted octanol–water partition coefficient (Wildman–Crippen LogP) is 6.60. The van der Waals surface area contributed by atoms with Gasteiger partial charge in [0.05, 0.1) is 19.2 Å². The van der Waals surface area contributed by atoms with Gasteiger partial charge >= 0.3 is 5.97 Å². The van der Waals surface area contributed by atoms with E-state index in [4.69, 9.17) is 9.47 Å². The van der Waals surface area contributed by atoms with Gasteiger partial charge in [0.25, 0.3) is 0 Å². The van der Waals surface area contributed by atoms with E-state index in [2.05, 4.69) is 35.9 Å². The maximum Gasteiger partial charge on any atom is 0.306 e. The molecule has 7 heteroatoms. The fraction of sp³-hybridized carbons (Fsp3) is 0.438. The van der Waals surface area contributed by atoms with E-state index < -0.39 is 11.9 Å². The Bertz CT molecular complexity index is 1350. The number of aromatic nitrogens is 1. The molecule has 1 aromatic heterocycles. The van der Waals surface area contributed by atoms with E-state index in [1.807, 2.05) is 24.3 Å². The summed E-state index contributed by atoms with van der Waals surface area (Å²) in [5.41, 5.74) is 5.53. The Hall–Kier alpha value is -3.45. The van der Waals surface area contributed by atoms with Crippen molar-refractivity contribution in [1.29, 1.82) is 0 Å². The number of nitrogens with zero attached hydrogens (tertiary/aromatic N) is 2. The van der Waals surface area contributed by atoms with Gasteiger partial charge in [-0.15, -0.1) is 0 Å². The highest BCUT2D eigenvalue weighted by molar-refractivity contribution is 5.70. The minimum absolute atomic E-state index is 0.136. The number of benzene rings is 2. The number of halogens is 1. The van der Waals surface area contributed by atoms with Gasteiger partial charge in [0.2, 0.25) is 5.88 Å². The molecule has 0 aliphatic carbocycles. The van der Waals surface area contributed by atoms with E-state index in [0.717, 1.165) is 65.8 Å². The molecule has 2 aliphatic rings. The van der Waals surface area contributed by atoms with Crippen molar-refractivity contribution in [2.75, 3.05) is 7.11 Å². The molecular formula is C32H37FN2O4. The van der Waals surface area contributed by atoms with Crippen LogP contribution >= 0.6 is 0 Å². The predicted molar refractivity (Wildman–Crippen MR) is 149 cm³/mol. The molecule has 4 atom stereocenters. The van der Waals surface area contributed by atoms with Gasteiger partial charge < -0.3 is 14.6 Å². The minimum atomic E-state index is -0.802. The third kappa shape index (κ3) is 5.78. The summed E-state index contributed by atoms with van der Waals surface area (Å²) in [6.45, 7) is 6.95. The molecule has 2 aliphatic heterocycles. The third-order valence-corrected chi connectivity index (χ3v) is 8.36. The van der Waals surface area contributed by atoms with Crippen molar-refractivity contribution in [3.8, 4) is 22.8 Å². The largest absolute Gasteiger partial charge is 0.485 e. The van der Waals surface area contributed by atoms with Gasteiger partial charge in [-0.25, -0.2) is 9.37 Å². The number of fused-ring (bicyclic) bond motifs is 1. The number of carboxylic acid groups (broad SMARTS) is 1. The maximum absolute atomic E-state index is 15.0. The highest BCUT2D eigenvalue weighted by Crippen LogP contribution is 2.39. The lowest BCUT2D eigenvalue weighted by atomic mass is 9.91. The first-order valence-electron chi connectivity index (χ1n) is 13.8. The van der Waals surface area contributed by atoms with E-state index in [1.54, 1.807) is 13.0 Å². The van der Waals surface area contributed by atoms with Crippen LogP contribution in [0.2, 0.25) is 0 Å². The Morgan fingerprint density at radius 3 is 2.62 bits per heavy atom. The summed E-state index contributed by atoms with van der Waals surface area (Å²) in [4.78, 5) is 17.9. The minimum Gasteiger partial charge on any atom is -0.485 e. The van der Waals surface area contributed by atoms with Crippen LogP contribution in [0.3, 0.4) is 0 Å². The molecule has 3 unspecified atom stereocenters. The van der Waals surface area contributed by atoms with Crippen LogP contribution in [0.25, 0.3) is 11.1 Å². The van der Waals surface area contributed by atoms with Crippen molar-refractivity contribution >= 4 is 5.97 Å². The number of carboxylic acids is 1. The molecule has 3 heterocycles. The van der Waals surface area contributed by atoms with Crippen LogP contribution in [0.1, 0.15) is 68.4 Å². The van der Waals surface area contributed by atoms with Gasteiger partial charge in [-0.1, -0.05) is 37.3 Å². The van der Waals surface area contributed by atoms with Crippen LogP contribution in [0.4, 0.5) is 4.39 Å². The molecule has 2 aromatic carbocycles. The average Bonchev–Trinajstić information content (AvgIpc) is 3.25. The fourth-order valence-electron chi connectivity index (χ4n) is 5.92. The third-order valence-electron chi connectivity index (χ3n) is 8.36. The number of likely N-dealkylation sites (tertiary alicyclic amines) is 1. The number of methoxy groups -OCH3 is 1. The quantitative estimate of drug-likeness (QED) is 0.353. The molecule has 1 saturated heterocycles. The lowest BCUT2D eigenvalue weighted by Gasteiger charge is -2.30. The molecule has 1 fully saturated rings. The standard InChI is InChI=1S/C32H37FN2O4/c1-19(32(36)37)13-22-7-8-23-10-12-29(39-30(23)14-22)24-9-11-26(27-16-31(38-4)34-17-28(27)33)25(15-24)18-35-20(2)5-6-21(35)3/h7-9,11,14-17,19-21,29H,5-6,10,12-13,18H2,1-4H3,(H,36,37)/t19?,20-,21?,29?/m1/s1. The summed E-state index contributed by atoms with van der Waals surface area (Å²) in [6, 6.07) is 14.8. The van der Waals surface area contributed by atoms with Crippen molar-refractivity contribution in [2.24, 2.45) is 5.92 Å². The first-order valence-corrected chi connectivity index (χ1v) is 13.8. The maximum atomic E-state index is 15.0. The number of aliphatic carboxylic acids is 1. The normalized spacial score (nSPS) is 21.7. The number of rotatable bonds is 8. The summed E-state index contributed by atoms with van der Waals surface area (Å²) >= 11 is 0. The number of hydrogen-bond donors (Lipinski definition) is 1. The zero-order valence-electron chi connectivity index (χ0n) is 23.1. The van der Waals surface area contributed by atoms with E-state index in [9.17, 15) is 9.90 Å². The summed E-state index contributed by atoms with van der Waals surface area (Å²) in [6.07, 6.45) is 5.56. The highest BCUT2D eigenvalue weighted by atomic mass is 19.1. The van der Waals surface area contributed by atoms with Crippen LogP contribution < -0.4 is 9.47 Å². The first-order chi connectivity index (χ1) is 18.7. The van der Waals surface area contributed by atoms with Crippen molar-refractivity contribution in [2.45, 2.75) is 77.6 Å². The molecule has 206 valence electrons. The number of ether oxygens (including phenoxy) is 2. The van der Waals surface area contributed by atoms with Crippen LogP contribution in [0.5, 0.6) is 11.6 Å². The molecule has 39 heavy (non-hydrogen) atoms. The van der Waals surface area contributed by atoms with Crippen molar-refractivity contribution in [3.63, 3.8) is 0 Å². The van der Waals surface area contributed by atoms with Gasteiger partial charge in [0.1, 0.15) is 17.7 Å². The Morgan fingerprint density at radius 1 is 1.13 bits per heavy atom. The lowest BCUT2D eigenvalue weighted by Crippen LogP contribution is -2.32. The number of hydrogen-bond acceptors (Lipinski definition) is 5. The lowest BCUT2D eigenvalue weighted by molar-refractivity contribution is -0.141. The van der Waals surface area contributed by atoms with Crippen LogP contribution in [0, 0.1) is 11.7 Å². The van der Waals surface area contributed by atoms with Crippen molar-refractivity contribution in [1.82, 2.24) is 9.88 Å². The van der Waals surface area contributed by atoms with Crippen molar-refractivity contribution in [3.05, 3.63) is 76.7 Å². The second-order valence-electron chi connectivity index (χ2n) is 11.1. The zero-order chi connectivity index (χ0) is 27.7. The summed E-state index contributed by atoms with van der Waals surface area (Å²) < 4.78 is 26.8. The molecule has 3 aromatic rings. The molecule has 5 rings (SSSR count). The first kappa shape index (κ1) is 27.1. The highest BCUT2D eigenvalue weighted by Gasteiger charge is 2.29. The van der Waals surface area contributed by atoms with E-state index >= 15 is 4.39 Å². The van der Waals surface area contributed by atoms with Gasteiger partial charge in [0, 0.05) is 30.3 Å². The Kier molecular flexibility index (Phi) is 7.89. The second kappa shape index (κ2) is 11.3. The molecule has 0 saturated carbocycles. The molecule has 1 N–H and O–H groups in total. The van der Waals surface area contributed by atoms with Gasteiger partial charge in [-0.2, -0.15) is 0 Å². The van der Waals surface area contributed by atoms with Crippen LogP contribution in [-0.4, -0.2) is 40.2 Å². The molecule has 0 spiro atoms. The Labute approximate surface area is 229 Å². The molecular weight excluding hydrogens is 495 g/mol. The summed E-state index contributed by atoms with van der Waals surface area (Å²) in [5, 5.41) is 9.32.